The Balaban J connectivity index is 1.48. The molecule has 2 saturated heterocycles. The summed E-state index contributed by atoms with van der Waals surface area (Å²) in [5.41, 5.74) is 1.13. The Labute approximate surface area is 155 Å². The van der Waals surface area contributed by atoms with Gasteiger partial charge in [0.1, 0.15) is 6.61 Å². The lowest BCUT2D eigenvalue weighted by molar-refractivity contribution is -0.145. The average molecular weight is 360 g/mol. The number of likely N-dealkylation sites (N-methyl/N-ethyl adjacent to an activating group) is 1. The predicted molar refractivity (Wildman–Crippen MR) is 97.7 cm³/mol. The normalized spacial score (nSPS) is 25.5. The van der Waals surface area contributed by atoms with Crippen molar-refractivity contribution in [1.29, 1.82) is 0 Å². The number of rotatable bonds is 2. The van der Waals surface area contributed by atoms with E-state index >= 15 is 0 Å². The molecule has 1 amide bonds. The van der Waals surface area contributed by atoms with Crippen molar-refractivity contribution >= 4 is 5.91 Å². The van der Waals surface area contributed by atoms with Crippen LogP contribution in [-0.4, -0.2) is 74.9 Å². The van der Waals surface area contributed by atoms with E-state index in [1.807, 2.05) is 18.2 Å². The van der Waals surface area contributed by atoms with Crippen LogP contribution in [0.5, 0.6) is 11.5 Å². The van der Waals surface area contributed by atoms with Gasteiger partial charge in [-0.1, -0.05) is 12.1 Å². The standard InChI is InChI=1S/C20H28N2O4/c1-21-8-9-22(14-20(21)6-10-25-11-7-20)19(23)16-12-15-4-3-5-17(24-2)18(15)26-13-16/h3-5,16H,6-14H2,1-2H3. The Morgan fingerprint density at radius 2 is 2.08 bits per heavy atom. The van der Waals surface area contributed by atoms with Crippen molar-refractivity contribution in [3.8, 4) is 11.5 Å². The van der Waals surface area contributed by atoms with Gasteiger partial charge in [-0.3, -0.25) is 9.69 Å². The van der Waals surface area contributed by atoms with Gasteiger partial charge in [0, 0.05) is 38.4 Å². The minimum Gasteiger partial charge on any atom is -0.493 e. The number of methoxy groups -OCH3 is 1. The molecule has 0 bridgehead atoms. The molecule has 4 rings (SSSR count). The summed E-state index contributed by atoms with van der Waals surface area (Å²) in [4.78, 5) is 17.7. The number of ether oxygens (including phenoxy) is 3. The SMILES string of the molecule is COc1cccc2c1OCC(C(=O)N1CCN(C)C3(CCOCC3)C1)C2. The molecule has 3 aliphatic heterocycles. The van der Waals surface area contributed by atoms with Crippen LogP contribution < -0.4 is 9.47 Å². The largest absolute Gasteiger partial charge is 0.493 e. The summed E-state index contributed by atoms with van der Waals surface area (Å²) in [6, 6.07) is 5.89. The van der Waals surface area contributed by atoms with E-state index < -0.39 is 0 Å². The molecule has 3 aliphatic rings. The molecule has 0 aliphatic carbocycles. The fraction of sp³-hybridized carbons (Fsp3) is 0.650. The fourth-order valence-corrected chi connectivity index (χ4v) is 4.51. The Kier molecular flexibility index (Phi) is 4.80. The van der Waals surface area contributed by atoms with E-state index in [1.54, 1.807) is 7.11 Å². The number of amides is 1. The van der Waals surface area contributed by atoms with Gasteiger partial charge in [0.05, 0.1) is 13.0 Å². The summed E-state index contributed by atoms with van der Waals surface area (Å²) >= 11 is 0. The van der Waals surface area contributed by atoms with E-state index in [0.717, 1.165) is 62.8 Å². The van der Waals surface area contributed by atoms with Crippen molar-refractivity contribution in [3.05, 3.63) is 23.8 Å². The molecular weight excluding hydrogens is 332 g/mol. The smallest absolute Gasteiger partial charge is 0.229 e. The summed E-state index contributed by atoms with van der Waals surface area (Å²) in [5, 5.41) is 0. The van der Waals surface area contributed by atoms with Crippen molar-refractivity contribution in [1.82, 2.24) is 9.80 Å². The molecule has 6 heteroatoms. The molecule has 1 atom stereocenters. The number of carbonyl (C=O) groups is 1. The van der Waals surface area contributed by atoms with Gasteiger partial charge in [-0.2, -0.15) is 0 Å². The molecule has 0 saturated carbocycles. The van der Waals surface area contributed by atoms with E-state index in [-0.39, 0.29) is 17.4 Å². The molecule has 1 spiro atoms. The van der Waals surface area contributed by atoms with Gasteiger partial charge in [0.2, 0.25) is 5.91 Å². The maximum atomic E-state index is 13.2. The van der Waals surface area contributed by atoms with Crippen LogP contribution in [0.2, 0.25) is 0 Å². The maximum absolute atomic E-state index is 13.2. The van der Waals surface area contributed by atoms with Gasteiger partial charge < -0.3 is 19.1 Å². The lowest BCUT2D eigenvalue weighted by Gasteiger charge is -2.51. The number of benzene rings is 1. The number of hydrogen-bond donors (Lipinski definition) is 0. The first-order valence-corrected chi connectivity index (χ1v) is 9.49. The lowest BCUT2D eigenvalue weighted by Crippen LogP contribution is -2.64. The van der Waals surface area contributed by atoms with Crippen molar-refractivity contribution in [2.75, 3.05) is 53.6 Å². The molecule has 2 fully saturated rings. The van der Waals surface area contributed by atoms with Crippen LogP contribution in [0.4, 0.5) is 0 Å². The molecule has 0 N–H and O–H groups in total. The highest BCUT2D eigenvalue weighted by atomic mass is 16.5. The predicted octanol–water partition coefficient (Wildman–Crippen LogP) is 1.57. The highest BCUT2D eigenvalue weighted by molar-refractivity contribution is 5.80. The van der Waals surface area contributed by atoms with Crippen LogP contribution in [0.3, 0.4) is 0 Å². The number of piperazine rings is 1. The van der Waals surface area contributed by atoms with E-state index in [2.05, 4.69) is 16.8 Å². The molecule has 142 valence electrons. The fourth-order valence-electron chi connectivity index (χ4n) is 4.51. The molecule has 6 nitrogen and oxygen atoms in total. The summed E-state index contributed by atoms with van der Waals surface area (Å²) in [6.07, 6.45) is 2.71. The maximum Gasteiger partial charge on any atom is 0.229 e. The highest BCUT2D eigenvalue weighted by Gasteiger charge is 2.43. The van der Waals surface area contributed by atoms with Crippen molar-refractivity contribution in [3.63, 3.8) is 0 Å². The van der Waals surface area contributed by atoms with Crippen LogP contribution in [0.1, 0.15) is 18.4 Å². The van der Waals surface area contributed by atoms with Crippen molar-refractivity contribution in [2.45, 2.75) is 24.8 Å². The monoisotopic (exact) mass is 360 g/mol. The van der Waals surface area contributed by atoms with E-state index in [1.165, 1.54) is 0 Å². The zero-order chi connectivity index (χ0) is 18.1. The van der Waals surface area contributed by atoms with Gasteiger partial charge in [-0.15, -0.1) is 0 Å². The molecule has 1 aromatic carbocycles. The first kappa shape index (κ1) is 17.6. The minimum atomic E-state index is -0.116. The Morgan fingerprint density at radius 1 is 1.27 bits per heavy atom. The summed E-state index contributed by atoms with van der Waals surface area (Å²) in [7, 11) is 3.83. The highest BCUT2D eigenvalue weighted by Crippen LogP contribution is 2.37. The topological polar surface area (TPSA) is 51.2 Å². The molecule has 26 heavy (non-hydrogen) atoms. The van der Waals surface area contributed by atoms with Gasteiger partial charge in [-0.05, 0) is 37.9 Å². The quantitative estimate of drug-likeness (QED) is 0.801. The van der Waals surface area contributed by atoms with E-state index in [0.29, 0.717) is 13.0 Å². The van der Waals surface area contributed by atoms with Crippen molar-refractivity contribution < 1.29 is 19.0 Å². The Morgan fingerprint density at radius 3 is 2.85 bits per heavy atom. The molecule has 0 radical (unpaired) electrons. The van der Waals surface area contributed by atoms with Crippen LogP contribution in [0, 0.1) is 5.92 Å². The summed E-state index contributed by atoms with van der Waals surface area (Å²) < 4.78 is 16.9. The van der Waals surface area contributed by atoms with Crippen LogP contribution in [0.15, 0.2) is 18.2 Å². The van der Waals surface area contributed by atoms with Crippen LogP contribution >= 0.6 is 0 Å². The zero-order valence-corrected chi connectivity index (χ0v) is 15.7. The Hall–Kier alpha value is -1.79. The van der Waals surface area contributed by atoms with Gasteiger partial charge in [-0.25, -0.2) is 0 Å². The third kappa shape index (κ3) is 3.05. The second-order valence-corrected chi connectivity index (χ2v) is 7.68. The molecular formula is C20H28N2O4. The zero-order valence-electron chi connectivity index (χ0n) is 15.7. The lowest BCUT2D eigenvalue weighted by atomic mass is 9.85. The third-order valence-electron chi connectivity index (χ3n) is 6.26. The second-order valence-electron chi connectivity index (χ2n) is 7.68. The van der Waals surface area contributed by atoms with Gasteiger partial charge >= 0.3 is 0 Å². The Bertz CT molecular complexity index is 672. The van der Waals surface area contributed by atoms with Crippen LogP contribution in [0.25, 0.3) is 0 Å². The summed E-state index contributed by atoms with van der Waals surface area (Å²) in [5.74, 6) is 1.64. The van der Waals surface area contributed by atoms with Gasteiger partial charge in [0.25, 0.3) is 0 Å². The number of nitrogens with zero attached hydrogens (tertiary/aromatic N) is 2. The number of hydrogen-bond acceptors (Lipinski definition) is 5. The van der Waals surface area contributed by atoms with E-state index in [9.17, 15) is 4.79 Å². The number of para-hydroxylation sites is 1. The second kappa shape index (κ2) is 7.08. The van der Waals surface area contributed by atoms with E-state index in [4.69, 9.17) is 14.2 Å². The minimum absolute atomic E-state index is 0.0722. The molecule has 3 heterocycles. The summed E-state index contributed by atoms with van der Waals surface area (Å²) in [6.45, 7) is 4.50. The average Bonchev–Trinajstić information content (AvgIpc) is 2.69. The first-order valence-electron chi connectivity index (χ1n) is 9.49. The molecule has 0 aromatic heterocycles. The molecule has 1 aromatic rings. The molecule has 1 unspecified atom stereocenters. The van der Waals surface area contributed by atoms with Gasteiger partial charge in [0.15, 0.2) is 11.5 Å². The third-order valence-corrected chi connectivity index (χ3v) is 6.26. The van der Waals surface area contributed by atoms with Crippen LogP contribution in [-0.2, 0) is 16.0 Å². The van der Waals surface area contributed by atoms with Crippen molar-refractivity contribution in [2.24, 2.45) is 5.92 Å². The number of carbonyl (C=O) groups excluding carboxylic acids is 1. The first-order chi connectivity index (χ1) is 12.6. The number of fused-ring (bicyclic) bond motifs is 1.